The molecule has 0 saturated heterocycles. The van der Waals surface area contributed by atoms with Crippen LogP contribution in [0.1, 0.15) is 68.3 Å². The van der Waals surface area contributed by atoms with E-state index in [1.165, 1.54) is 12.1 Å². The number of rotatable bonds is 6. The van der Waals surface area contributed by atoms with E-state index in [-0.39, 0.29) is 23.1 Å². The number of nitriles is 1. The SMILES string of the molecule is CCCCc1cnc(C2CCC(C(=O)Oc3ccc(C#N)cc3F)CC2)nc1. The molecule has 0 bridgehead atoms. The van der Waals surface area contributed by atoms with E-state index in [1.807, 2.05) is 18.5 Å². The third-order valence-electron chi connectivity index (χ3n) is 5.24. The van der Waals surface area contributed by atoms with E-state index < -0.39 is 11.8 Å². The van der Waals surface area contributed by atoms with Crippen LogP contribution >= 0.6 is 0 Å². The van der Waals surface area contributed by atoms with Crippen molar-refractivity contribution in [2.45, 2.75) is 57.8 Å². The van der Waals surface area contributed by atoms with Gasteiger partial charge in [0.15, 0.2) is 11.6 Å². The number of hydrogen-bond acceptors (Lipinski definition) is 5. The van der Waals surface area contributed by atoms with Crippen LogP contribution in [0.2, 0.25) is 0 Å². The fraction of sp³-hybridized carbons (Fsp3) is 0.455. The molecule has 0 radical (unpaired) electrons. The van der Waals surface area contributed by atoms with Gasteiger partial charge in [0.1, 0.15) is 5.82 Å². The van der Waals surface area contributed by atoms with Crippen molar-refractivity contribution in [1.82, 2.24) is 9.97 Å². The van der Waals surface area contributed by atoms with Crippen molar-refractivity contribution in [3.05, 3.63) is 53.4 Å². The molecule has 1 heterocycles. The molecule has 0 unspecified atom stereocenters. The Morgan fingerprint density at radius 3 is 2.57 bits per heavy atom. The summed E-state index contributed by atoms with van der Waals surface area (Å²) < 4.78 is 19.1. The van der Waals surface area contributed by atoms with Gasteiger partial charge in [0.25, 0.3) is 0 Å². The zero-order chi connectivity index (χ0) is 19.9. The standard InChI is InChI=1S/C22H24FN3O2/c1-2-3-4-16-13-25-21(26-14-16)17-6-8-18(9-7-17)22(27)28-20-10-5-15(12-24)11-19(20)23/h5,10-11,13-14,17-18H,2-4,6-9H2,1H3. The zero-order valence-corrected chi connectivity index (χ0v) is 16.0. The number of aromatic nitrogens is 2. The molecule has 1 aliphatic rings. The van der Waals surface area contributed by atoms with Crippen LogP contribution in [0, 0.1) is 23.1 Å². The van der Waals surface area contributed by atoms with Crippen molar-refractivity contribution in [2.75, 3.05) is 0 Å². The number of benzene rings is 1. The van der Waals surface area contributed by atoms with E-state index in [1.54, 1.807) is 0 Å². The van der Waals surface area contributed by atoms with Gasteiger partial charge in [0, 0.05) is 18.3 Å². The van der Waals surface area contributed by atoms with Gasteiger partial charge in [-0.15, -0.1) is 0 Å². The second-order valence-electron chi connectivity index (χ2n) is 7.28. The summed E-state index contributed by atoms with van der Waals surface area (Å²) in [7, 11) is 0. The molecule has 0 amide bonds. The molecule has 0 atom stereocenters. The summed E-state index contributed by atoms with van der Waals surface area (Å²) in [5.74, 6) is -0.413. The van der Waals surface area contributed by atoms with Crippen molar-refractivity contribution < 1.29 is 13.9 Å². The first-order valence-corrected chi connectivity index (χ1v) is 9.82. The van der Waals surface area contributed by atoms with Gasteiger partial charge in [-0.2, -0.15) is 5.26 Å². The van der Waals surface area contributed by atoms with E-state index in [9.17, 15) is 9.18 Å². The summed E-state index contributed by atoms with van der Waals surface area (Å²) in [4.78, 5) is 21.4. The van der Waals surface area contributed by atoms with E-state index in [4.69, 9.17) is 10.00 Å². The Morgan fingerprint density at radius 2 is 1.96 bits per heavy atom. The monoisotopic (exact) mass is 381 g/mol. The van der Waals surface area contributed by atoms with Gasteiger partial charge in [-0.05, 0) is 62.3 Å². The van der Waals surface area contributed by atoms with E-state index >= 15 is 0 Å². The molecule has 6 heteroatoms. The highest BCUT2D eigenvalue weighted by Gasteiger charge is 2.30. The normalized spacial score (nSPS) is 19.0. The van der Waals surface area contributed by atoms with Crippen LogP contribution in [0.4, 0.5) is 4.39 Å². The molecule has 5 nitrogen and oxygen atoms in total. The highest BCUT2D eigenvalue weighted by Crippen LogP contribution is 2.35. The minimum atomic E-state index is -0.697. The Morgan fingerprint density at radius 1 is 1.25 bits per heavy atom. The topological polar surface area (TPSA) is 75.9 Å². The van der Waals surface area contributed by atoms with Crippen LogP contribution in [-0.2, 0) is 11.2 Å². The fourth-order valence-electron chi connectivity index (χ4n) is 3.52. The van der Waals surface area contributed by atoms with E-state index in [0.29, 0.717) is 12.8 Å². The average molecular weight is 381 g/mol. The van der Waals surface area contributed by atoms with Gasteiger partial charge >= 0.3 is 5.97 Å². The number of carbonyl (C=O) groups excluding carboxylic acids is 1. The Kier molecular flexibility index (Phi) is 6.70. The smallest absolute Gasteiger partial charge is 0.314 e. The van der Waals surface area contributed by atoms with E-state index in [2.05, 4.69) is 16.9 Å². The molecule has 2 aromatic rings. The Balaban J connectivity index is 1.53. The summed E-state index contributed by atoms with van der Waals surface area (Å²) in [5, 5.41) is 8.78. The van der Waals surface area contributed by atoms with Crippen molar-refractivity contribution in [2.24, 2.45) is 5.92 Å². The summed E-state index contributed by atoms with van der Waals surface area (Å²) in [6.45, 7) is 2.16. The average Bonchev–Trinajstić information content (AvgIpc) is 2.74. The quantitative estimate of drug-likeness (QED) is 0.535. The molecule has 28 heavy (non-hydrogen) atoms. The maximum Gasteiger partial charge on any atom is 0.314 e. The van der Waals surface area contributed by atoms with Crippen molar-refractivity contribution in [3.63, 3.8) is 0 Å². The molecule has 1 saturated carbocycles. The highest BCUT2D eigenvalue weighted by atomic mass is 19.1. The lowest BCUT2D eigenvalue weighted by Crippen LogP contribution is -2.26. The first kappa shape index (κ1) is 19.9. The van der Waals surface area contributed by atoms with Crippen molar-refractivity contribution in [3.8, 4) is 11.8 Å². The number of nitrogens with zero attached hydrogens (tertiary/aromatic N) is 3. The number of halogens is 1. The third-order valence-corrected chi connectivity index (χ3v) is 5.24. The van der Waals surface area contributed by atoms with Crippen LogP contribution < -0.4 is 4.74 Å². The molecular formula is C22H24FN3O2. The number of ether oxygens (including phenoxy) is 1. The van der Waals surface area contributed by atoms with Gasteiger partial charge in [0.2, 0.25) is 0 Å². The second-order valence-corrected chi connectivity index (χ2v) is 7.28. The highest BCUT2D eigenvalue weighted by molar-refractivity contribution is 5.75. The lowest BCUT2D eigenvalue weighted by atomic mass is 9.81. The van der Waals surface area contributed by atoms with Crippen LogP contribution in [0.25, 0.3) is 0 Å². The van der Waals surface area contributed by atoms with Gasteiger partial charge in [0.05, 0.1) is 17.6 Å². The number of esters is 1. The van der Waals surface area contributed by atoms with Gasteiger partial charge in [-0.1, -0.05) is 13.3 Å². The molecule has 0 N–H and O–H groups in total. The molecule has 1 aromatic heterocycles. The zero-order valence-electron chi connectivity index (χ0n) is 16.0. The molecule has 1 aromatic carbocycles. The predicted molar refractivity (Wildman–Crippen MR) is 102 cm³/mol. The van der Waals surface area contributed by atoms with Crippen molar-refractivity contribution in [1.29, 1.82) is 5.26 Å². The van der Waals surface area contributed by atoms with Crippen LogP contribution in [0.5, 0.6) is 5.75 Å². The number of aryl methyl sites for hydroxylation is 1. The molecule has 1 fully saturated rings. The first-order valence-electron chi connectivity index (χ1n) is 9.82. The lowest BCUT2D eigenvalue weighted by Gasteiger charge is -2.26. The third kappa shape index (κ3) is 4.92. The Bertz CT molecular complexity index is 853. The number of carbonyl (C=O) groups is 1. The predicted octanol–water partition coefficient (Wildman–Crippen LogP) is 4.71. The first-order chi connectivity index (χ1) is 13.6. The minimum Gasteiger partial charge on any atom is -0.423 e. The maximum absolute atomic E-state index is 13.9. The van der Waals surface area contributed by atoms with Crippen molar-refractivity contribution >= 4 is 5.97 Å². The number of unbranched alkanes of at least 4 members (excludes halogenated alkanes) is 1. The summed E-state index contributed by atoms with van der Waals surface area (Å²) in [5.41, 5.74) is 1.35. The molecule has 0 spiro atoms. The largest absolute Gasteiger partial charge is 0.423 e. The molecule has 3 rings (SSSR count). The Hall–Kier alpha value is -2.81. The fourth-order valence-corrected chi connectivity index (χ4v) is 3.52. The summed E-state index contributed by atoms with van der Waals surface area (Å²) in [6.07, 6.45) is 10.1. The van der Waals surface area contributed by atoms with Gasteiger partial charge in [-0.25, -0.2) is 14.4 Å². The van der Waals surface area contributed by atoms with Gasteiger partial charge in [-0.3, -0.25) is 4.79 Å². The molecule has 146 valence electrons. The van der Waals surface area contributed by atoms with Crippen LogP contribution in [-0.4, -0.2) is 15.9 Å². The van der Waals surface area contributed by atoms with Gasteiger partial charge < -0.3 is 4.74 Å². The number of hydrogen-bond donors (Lipinski definition) is 0. The van der Waals surface area contributed by atoms with E-state index in [0.717, 1.165) is 49.6 Å². The second kappa shape index (κ2) is 9.41. The molecule has 1 aliphatic carbocycles. The molecular weight excluding hydrogens is 357 g/mol. The Labute approximate surface area is 164 Å². The lowest BCUT2D eigenvalue weighted by molar-refractivity contribution is -0.140. The summed E-state index contributed by atoms with van der Waals surface area (Å²) in [6, 6.07) is 5.68. The minimum absolute atomic E-state index is 0.128. The summed E-state index contributed by atoms with van der Waals surface area (Å²) >= 11 is 0. The molecule has 0 aliphatic heterocycles. The van der Waals surface area contributed by atoms with Crippen LogP contribution in [0.3, 0.4) is 0 Å². The van der Waals surface area contributed by atoms with Crippen LogP contribution in [0.15, 0.2) is 30.6 Å². The maximum atomic E-state index is 13.9.